The molecule has 0 bridgehead atoms. The Kier molecular flexibility index (Phi) is 3.38. The van der Waals surface area contributed by atoms with E-state index in [0.29, 0.717) is 0 Å². The number of hydrogen-bond donors (Lipinski definition) is 1. The van der Waals surface area contributed by atoms with E-state index < -0.39 is 0 Å². The molecule has 0 aliphatic heterocycles. The summed E-state index contributed by atoms with van der Waals surface area (Å²) in [5.74, 6) is -0.00351. The summed E-state index contributed by atoms with van der Waals surface area (Å²) in [6, 6.07) is 16.5. The summed E-state index contributed by atoms with van der Waals surface area (Å²) in [6.07, 6.45) is 3.00. The van der Waals surface area contributed by atoms with Crippen LogP contribution < -0.4 is 5.32 Å². The van der Waals surface area contributed by atoms with Gasteiger partial charge in [0.05, 0.1) is 12.1 Å². The van der Waals surface area contributed by atoms with Crippen LogP contribution in [0.1, 0.15) is 30.1 Å². The van der Waals surface area contributed by atoms with Crippen molar-refractivity contribution in [2.45, 2.75) is 25.4 Å². The zero-order valence-electron chi connectivity index (χ0n) is 12.8. The van der Waals surface area contributed by atoms with Crippen LogP contribution in [0.5, 0.6) is 0 Å². The number of rotatable bonds is 2. The first-order chi connectivity index (χ1) is 11.1. The summed E-state index contributed by atoms with van der Waals surface area (Å²) in [4.78, 5) is 11.7. The molecule has 1 aliphatic rings. The van der Waals surface area contributed by atoms with Crippen molar-refractivity contribution in [1.82, 2.24) is 9.88 Å². The van der Waals surface area contributed by atoms with Crippen molar-refractivity contribution in [3.63, 3.8) is 0 Å². The minimum atomic E-state index is -0.00465. The Morgan fingerprint density at radius 2 is 2.04 bits per heavy atom. The summed E-state index contributed by atoms with van der Waals surface area (Å²) < 4.78 is 2.26. The van der Waals surface area contributed by atoms with Gasteiger partial charge < -0.3 is 9.88 Å². The number of benzene rings is 2. The number of carbonyl (C=O) groups is 1. The van der Waals surface area contributed by atoms with Crippen LogP contribution in [0.15, 0.2) is 54.7 Å². The normalized spacial score (nSPS) is 19.7. The molecule has 0 radical (unpaired) electrons. The molecule has 2 aromatic carbocycles. The molecule has 3 aromatic rings. The fourth-order valence-electron chi connectivity index (χ4n) is 3.65. The van der Waals surface area contributed by atoms with Gasteiger partial charge in [0.2, 0.25) is 5.91 Å². The maximum absolute atomic E-state index is 11.7. The van der Waals surface area contributed by atoms with Gasteiger partial charge in [-0.2, -0.15) is 0 Å². The fraction of sp³-hybridized carbons (Fsp3) is 0.211. The Bertz CT molecular complexity index is 899. The first-order valence-corrected chi connectivity index (χ1v) is 8.12. The summed E-state index contributed by atoms with van der Waals surface area (Å²) in [5.41, 5.74) is 3.65. The van der Waals surface area contributed by atoms with Gasteiger partial charge in [-0.3, -0.25) is 4.79 Å². The van der Waals surface area contributed by atoms with E-state index in [-0.39, 0.29) is 18.0 Å². The zero-order chi connectivity index (χ0) is 16.0. The van der Waals surface area contributed by atoms with Gasteiger partial charge in [-0.25, -0.2) is 0 Å². The lowest BCUT2D eigenvalue weighted by Crippen LogP contribution is -2.30. The number of fused-ring (bicyclic) bond motifs is 2. The second-order valence-corrected chi connectivity index (χ2v) is 6.51. The van der Waals surface area contributed by atoms with Crippen LogP contribution in [-0.4, -0.2) is 10.5 Å². The highest BCUT2D eigenvalue weighted by Gasteiger charge is 2.34. The first kappa shape index (κ1) is 14.3. The number of carbonyl (C=O) groups excluding carboxylic acids is 1. The molecule has 0 saturated carbocycles. The molecule has 2 atom stereocenters. The van der Waals surface area contributed by atoms with Gasteiger partial charge in [0.15, 0.2) is 0 Å². The Balaban J connectivity index is 1.82. The van der Waals surface area contributed by atoms with Gasteiger partial charge in [-0.1, -0.05) is 35.9 Å². The molecule has 1 aliphatic carbocycles. The van der Waals surface area contributed by atoms with E-state index in [1.807, 2.05) is 24.3 Å². The molecule has 4 rings (SSSR count). The Labute approximate surface area is 139 Å². The summed E-state index contributed by atoms with van der Waals surface area (Å²) in [6.45, 7) is 1.57. The van der Waals surface area contributed by atoms with E-state index in [9.17, 15) is 4.79 Å². The third kappa shape index (κ3) is 2.41. The van der Waals surface area contributed by atoms with E-state index in [2.05, 4.69) is 40.3 Å². The molecule has 3 nitrogen and oxygen atoms in total. The van der Waals surface area contributed by atoms with Crippen molar-refractivity contribution in [3.05, 3.63) is 70.9 Å². The molecule has 1 N–H and O–H groups in total. The monoisotopic (exact) mass is 324 g/mol. The van der Waals surface area contributed by atoms with Gasteiger partial charge in [-0.15, -0.1) is 0 Å². The van der Waals surface area contributed by atoms with Crippen LogP contribution in [0.2, 0.25) is 5.02 Å². The molecule has 23 heavy (non-hydrogen) atoms. The minimum absolute atomic E-state index is 0.00351. The number of halogens is 1. The predicted octanol–water partition coefficient (Wildman–Crippen LogP) is 4.27. The molecule has 116 valence electrons. The highest BCUT2D eigenvalue weighted by molar-refractivity contribution is 6.31. The van der Waals surface area contributed by atoms with Crippen molar-refractivity contribution in [2.75, 3.05) is 0 Å². The fourth-order valence-corrected chi connectivity index (χ4v) is 3.83. The molecule has 0 fully saturated rings. The third-order valence-electron chi connectivity index (χ3n) is 4.60. The predicted molar refractivity (Wildman–Crippen MR) is 92.7 cm³/mol. The number of amides is 1. The maximum atomic E-state index is 11.7. The molecule has 0 saturated heterocycles. The van der Waals surface area contributed by atoms with Crippen LogP contribution in [0.4, 0.5) is 0 Å². The molecule has 1 aromatic heterocycles. The molecular weight excluding hydrogens is 308 g/mol. The van der Waals surface area contributed by atoms with E-state index in [0.717, 1.165) is 22.3 Å². The van der Waals surface area contributed by atoms with E-state index >= 15 is 0 Å². The van der Waals surface area contributed by atoms with Gasteiger partial charge in [0, 0.05) is 29.0 Å². The number of hydrogen-bond acceptors (Lipinski definition) is 1. The first-order valence-electron chi connectivity index (χ1n) is 7.74. The highest BCUT2D eigenvalue weighted by atomic mass is 35.5. The lowest BCUT2D eigenvalue weighted by Gasteiger charge is -2.24. The molecular formula is C19H17ClN2O. The second-order valence-electron chi connectivity index (χ2n) is 6.07. The average molecular weight is 325 g/mol. The molecule has 1 amide bonds. The number of aromatic nitrogens is 1. The Morgan fingerprint density at radius 1 is 1.22 bits per heavy atom. The van der Waals surface area contributed by atoms with Crippen molar-refractivity contribution in [1.29, 1.82) is 0 Å². The quantitative estimate of drug-likeness (QED) is 0.750. The topological polar surface area (TPSA) is 34.0 Å². The minimum Gasteiger partial charge on any atom is -0.347 e. The van der Waals surface area contributed by atoms with Crippen molar-refractivity contribution < 1.29 is 4.79 Å². The zero-order valence-corrected chi connectivity index (χ0v) is 13.5. The van der Waals surface area contributed by atoms with Gasteiger partial charge in [0.1, 0.15) is 0 Å². The summed E-state index contributed by atoms with van der Waals surface area (Å²) >= 11 is 6.09. The highest BCUT2D eigenvalue weighted by Crippen LogP contribution is 2.41. The Morgan fingerprint density at radius 3 is 2.87 bits per heavy atom. The van der Waals surface area contributed by atoms with Crippen LogP contribution in [-0.2, 0) is 11.2 Å². The van der Waals surface area contributed by atoms with Crippen molar-refractivity contribution in [2.24, 2.45) is 0 Å². The van der Waals surface area contributed by atoms with E-state index in [1.165, 1.54) is 11.1 Å². The lowest BCUT2D eigenvalue weighted by molar-refractivity contribution is -0.119. The van der Waals surface area contributed by atoms with Gasteiger partial charge in [0.25, 0.3) is 0 Å². The van der Waals surface area contributed by atoms with Crippen LogP contribution in [0, 0.1) is 0 Å². The molecule has 0 unspecified atom stereocenters. The van der Waals surface area contributed by atoms with Crippen LogP contribution in [0.25, 0.3) is 10.9 Å². The lowest BCUT2D eigenvalue weighted by atomic mass is 10.1. The number of nitrogens with one attached hydrogen (secondary N) is 1. The molecule has 4 heteroatoms. The SMILES string of the molecule is CC(=O)N[C@@H]1c2ccccc2C[C@H]1n1ccc2cc(Cl)ccc21. The molecule has 1 heterocycles. The Hall–Kier alpha value is -2.26. The smallest absolute Gasteiger partial charge is 0.217 e. The van der Waals surface area contributed by atoms with Crippen molar-refractivity contribution in [3.8, 4) is 0 Å². The second kappa shape index (κ2) is 5.43. The van der Waals surface area contributed by atoms with E-state index in [1.54, 1.807) is 6.92 Å². The van der Waals surface area contributed by atoms with E-state index in [4.69, 9.17) is 11.6 Å². The van der Waals surface area contributed by atoms with Crippen LogP contribution in [0.3, 0.4) is 0 Å². The van der Waals surface area contributed by atoms with Gasteiger partial charge >= 0.3 is 0 Å². The summed E-state index contributed by atoms with van der Waals surface area (Å²) in [7, 11) is 0. The number of nitrogens with zero attached hydrogens (tertiary/aromatic N) is 1. The third-order valence-corrected chi connectivity index (χ3v) is 4.84. The molecule has 0 spiro atoms. The van der Waals surface area contributed by atoms with Crippen molar-refractivity contribution >= 4 is 28.4 Å². The summed E-state index contributed by atoms with van der Waals surface area (Å²) in [5, 5.41) is 4.99. The maximum Gasteiger partial charge on any atom is 0.217 e. The van der Waals surface area contributed by atoms with Crippen LogP contribution >= 0.6 is 11.6 Å². The van der Waals surface area contributed by atoms with Gasteiger partial charge in [-0.05, 0) is 41.8 Å². The standard InChI is InChI=1S/C19H17ClN2O/c1-12(23)21-19-16-5-3-2-4-13(16)11-18(19)22-9-8-14-10-15(20)6-7-17(14)22/h2-10,18-19H,11H2,1H3,(H,21,23)/t18-,19-/m1/s1. The largest absolute Gasteiger partial charge is 0.347 e. The average Bonchev–Trinajstić information content (AvgIpc) is 3.08.